The second-order valence-electron chi connectivity index (χ2n) is 8.15. The minimum absolute atomic E-state index is 0.00930. The Balaban J connectivity index is 1.47. The minimum atomic E-state index is -0.00930. The van der Waals surface area contributed by atoms with Crippen LogP contribution in [0, 0.1) is 6.92 Å². The number of fused-ring (bicyclic) bond motifs is 1. The third kappa shape index (κ3) is 4.27. The summed E-state index contributed by atoms with van der Waals surface area (Å²) in [4.78, 5) is 29.0. The molecule has 166 valence electrons. The Morgan fingerprint density at radius 1 is 1.13 bits per heavy atom. The number of carbonyl (C=O) groups excluding carboxylic acids is 2. The molecule has 9 heteroatoms. The van der Waals surface area contributed by atoms with Gasteiger partial charge >= 0.3 is 0 Å². The van der Waals surface area contributed by atoms with E-state index in [0.717, 1.165) is 42.3 Å². The van der Waals surface area contributed by atoms with Gasteiger partial charge in [0.25, 0.3) is 5.91 Å². The lowest BCUT2D eigenvalue weighted by atomic mass is 9.97. The molecule has 9 nitrogen and oxygen atoms in total. The number of hydrogen-bond acceptors (Lipinski definition) is 6. The van der Waals surface area contributed by atoms with Gasteiger partial charge in [-0.3, -0.25) is 9.59 Å². The Hall–Kier alpha value is -2.94. The summed E-state index contributed by atoms with van der Waals surface area (Å²) in [5, 5.41) is 8.84. The van der Waals surface area contributed by atoms with Gasteiger partial charge in [0, 0.05) is 44.8 Å². The molecular formula is C22H29N5O4. The van der Waals surface area contributed by atoms with E-state index in [1.54, 1.807) is 7.11 Å². The maximum absolute atomic E-state index is 13.1. The molecule has 0 spiro atoms. The summed E-state index contributed by atoms with van der Waals surface area (Å²) in [6.07, 6.45) is 1.91. The van der Waals surface area contributed by atoms with Crippen molar-refractivity contribution in [3.8, 4) is 5.75 Å². The zero-order valence-corrected chi connectivity index (χ0v) is 18.3. The number of benzene rings is 1. The van der Waals surface area contributed by atoms with Gasteiger partial charge in [-0.25, -0.2) is 0 Å². The maximum atomic E-state index is 13.1. The molecule has 3 heterocycles. The summed E-state index contributed by atoms with van der Waals surface area (Å²) >= 11 is 0. The van der Waals surface area contributed by atoms with Crippen LogP contribution < -0.4 is 4.74 Å². The molecule has 0 radical (unpaired) electrons. The molecule has 4 rings (SSSR count). The van der Waals surface area contributed by atoms with E-state index in [1.807, 2.05) is 34.9 Å². The first kappa shape index (κ1) is 21.3. The first-order chi connectivity index (χ1) is 15.0. The summed E-state index contributed by atoms with van der Waals surface area (Å²) in [6, 6.07) is 5.50. The van der Waals surface area contributed by atoms with Crippen LogP contribution in [-0.4, -0.2) is 76.8 Å². The number of hydrogen-bond donors (Lipinski definition) is 0. The van der Waals surface area contributed by atoms with Gasteiger partial charge in [0.05, 0.1) is 13.7 Å². The van der Waals surface area contributed by atoms with Gasteiger partial charge in [0.1, 0.15) is 18.2 Å². The van der Waals surface area contributed by atoms with E-state index >= 15 is 0 Å². The van der Waals surface area contributed by atoms with E-state index in [0.29, 0.717) is 31.7 Å². The number of methoxy groups -OCH3 is 2. The van der Waals surface area contributed by atoms with Crippen LogP contribution in [0.5, 0.6) is 5.75 Å². The highest BCUT2D eigenvalue weighted by Crippen LogP contribution is 2.28. The number of ether oxygens (including phenoxy) is 2. The van der Waals surface area contributed by atoms with Gasteiger partial charge in [-0.15, -0.1) is 10.2 Å². The van der Waals surface area contributed by atoms with Crippen molar-refractivity contribution in [2.75, 3.05) is 40.5 Å². The summed E-state index contributed by atoms with van der Waals surface area (Å²) in [7, 11) is 3.15. The fourth-order valence-corrected chi connectivity index (χ4v) is 4.46. The molecule has 2 aromatic rings. The Kier molecular flexibility index (Phi) is 6.22. The second kappa shape index (κ2) is 9.05. The lowest BCUT2D eigenvalue weighted by molar-refractivity contribution is -0.136. The fraction of sp³-hybridized carbons (Fsp3) is 0.545. The summed E-state index contributed by atoms with van der Waals surface area (Å²) < 4.78 is 12.4. The maximum Gasteiger partial charge on any atom is 0.254 e. The van der Waals surface area contributed by atoms with Crippen LogP contribution in [0.3, 0.4) is 0 Å². The average molecular weight is 428 g/mol. The number of carbonyl (C=O) groups is 2. The van der Waals surface area contributed by atoms with Crippen LogP contribution in [-0.2, 0) is 22.6 Å². The smallest absolute Gasteiger partial charge is 0.254 e. The molecule has 0 unspecified atom stereocenters. The van der Waals surface area contributed by atoms with Crippen LogP contribution in [0.4, 0.5) is 0 Å². The molecule has 0 aliphatic carbocycles. The van der Waals surface area contributed by atoms with Gasteiger partial charge in [0.15, 0.2) is 5.82 Å². The number of nitrogens with zero attached hydrogens (tertiary/aromatic N) is 5. The molecule has 0 saturated carbocycles. The van der Waals surface area contributed by atoms with Crippen molar-refractivity contribution >= 4 is 11.8 Å². The molecule has 2 amide bonds. The number of rotatable bonds is 5. The van der Waals surface area contributed by atoms with E-state index in [1.165, 1.54) is 7.11 Å². The van der Waals surface area contributed by atoms with Crippen LogP contribution in [0.25, 0.3) is 0 Å². The standard InChI is InChI=1S/C22H29N5O4/c1-15-11-17(31-3)6-7-18(15)22(29)26-9-10-27-19(13-26)23-24-21(27)16-5-4-8-25(12-16)20(28)14-30-2/h6-7,11,16H,4-5,8-10,12-14H2,1-3H3/t16-/m0/s1. The van der Waals surface area contributed by atoms with E-state index < -0.39 is 0 Å². The zero-order valence-electron chi connectivity index (χ0n) is 18.3. The third-order valence-corrected chi connectivity index (χ3v) is 6.14. The SMILES string of the molecule is COCC(=O)N1CCC[C@H](c2nnc3n2CCN(C(=O)c2ccc(OC)cc2C)C3)C1. The van der Waals surface area contributed by atoms with Crippen LogP contribution in [0.2, 0.25) is 0 Å². The minimum Gasteiger partial charge on any atom is -0.497 e. The summed E-state index contributed by atoms with van der Waals surface area (Å²) in [5.74, 6) is 2.60. The molecule has 1 fully saturated rings. The third-order valence-electron chi connectivity index (χ3n) is 6.14. The first-order valence-electron chi connectivity index (χ1n) is 10.6. The molecule has 31 heavy (non-hydrogen) atoms. The van der Waals surface area contributed by atoms with Gasteiger partial charge in [-0.2, -0.15) is 0 Å². The quantitative estimate of drug-likeness (QED) is 0.720. The molecule has 1 aromatic heterocycles. The van der Waals surface area contributed by atoms with E-state index in [4.69, 9.17) is 9.47 Å². The molecule has 1 atom stereocenters. The first-order valence-corrected chi connectivity index (χ1v) is 10.6. The second-order valence-corrected chi connectivity index (χ2v) is 8.15. The summed E-state index contributed by atoms with van der Waals surface area (Å²) in [5.41, 5.74) is 1.56. The zero-order chi connectivity index (χ0) is 22.0. The van der Waals surface area contributed by atoms with Crippen molar-refractivity contribution in [2.45, 2.75) is 38.8 Å². The van der Waals surface area contributed by atoms with Crippen molar-refractivity contribution in [3.05, 3.63) is 41.0 Å². The Morgan fingerprint density at radius 2 is 1.97 bits per heavy atom. The molecule has 2 aliphatic heterocycles. The lowest BCUT2D eigenvalue weighted by Gasteiger charge is -2.33. The van der Waals surface area contributed by atoms with Gasteiger partial charge in [-0.1, -0.05) is 0 Å². The molecule has 1 aromatic carbocycles. The summed E-state index contributed by atoms with van der Waals surface area (Å²) in [6.45, 7) is 5.09. The number of amides is 2. The number of piperidine rings is 1. The largest absolute Gasteiger partial charge is 0.497 e. The highest BCUT2D eigenvalue weighted by Gasteiger charge is 2.32. The van der Waals surface area contributed by atoms with Crippen molar-refractivity contribution in [2.24, 2.45) is 0 Å². The van der Waals surface area contributed by atoms with E-state index in [9.17, 15) is 9.59 Å². The van der Waals surface area contributed by atoms with Crippen LogP contribution in [0.15, 0.2) is 18.2 Å². The highest BCUT2D eigenvalue weighted by atomic mass is 16.5. The van der Waals surface area contributed by atoms with Crippen LogP contribution >= 0.6 is 0 Å². The average Bonchev–Trinajstić information content (AvgIpc) is 3.22. The number of aryl methyl sites for hydroxylation is 1. The number of likely N-dealkylation sites (tertiary alicyclic amines) is 1. The van der Waals surface area contributed by atoms with E-state index in [2.05, 4.69) is 14.8 Å². The van der Waals surface area contributed by atoms with Gasteiger partial charge < -0.3 is 23.8 Å². The molecular weight excluding hydrogens is 398 g/mol. The van der Waals surface area contributed by atoms with Crippen molar-refractivity contribution in [1.29, 1.82) is 0 Å². The molecule has 0 bridgehead atoms. The van der Waals surface area contributed by atoms with Gasteiger partial charge in [-0.05, 0) is 43.5 Å². The Morgan fingerprint density at radius 3 is 2.71 bits per heavy atom. The lowest BCUT2D eigenvalue weighted by Crippen LogP contribution is -2.42. The fourth-order valence-electron chi connectivity index (χ4n) is 4.46. The number of aromatic nitrogens is 3. The predicted octanol–water partition coefficient (Wildman–Crippen LogP) is 1.60. The van der Waals surface area contributed by atoms with Crippen molar-refractivity contribution in [1.82, 2.24) is 24.6 Å². The van der Waals surface area contributed by atoms with E-state index in [-0.39, 0.29) is 24.3 Å². The highest BCUT2D eigenvalue weighted by molar-refractivity contribution is 5.95. The van der Waals surface area contributed by atoms with Crippen LogP contribution in [0.1, 0.15) is 46.3 Å². The Bertz CT molecular complexity index is 973. The van der Waals surface area contributed by atoms with Crippen molar-refractivity contribution < 1.29 is 19.1 Å². The molecule has 1 saturated heterocycles. The Labute approximate surface area is 181 Å². The topological polar surface area (TPSA) is 89.8 Å². The predicted molar refractivity (Wildman–Crippen MR) is 113 cm³/mol. The molecule has 2 aliphatic rings. The monoisotopic (exact) mass is 427 g/mol. The molecule has 0 N–H and O–H groups in total. The van der Waals surface area contributed by atoms with Crippen molar-refractivity contribution in [3.63, 3.8) is 0 Å². The van der Waals surface area contributed by atoms with Gasteiger partial charge in [0.2, 0.25) is 5.91 Å². The normalized spacial score (nSPS) is 18.6.